The SMILES string of the molecule is COCCn1c(=NC(=O)c2cc([N+](=O)[O-])ccc2Cl)sc2cc(F)cc(F)c21. The molecule has 0 aliphatic heterocycles. The topological polar surface area (TPSA) is 86.7 Å². The minimum atomic E-state index is -0.840. The van der Waals surface area contributed by atoms with Crippen LogP contribution in [0.4, 0.5) is 14.5 Å². The van der Waals surface area contributed by atoms with E-state index in [0.717, 1.165) is 35.6 Å². The standard InChI is InChI=1S/C17H12ClF2N3O4S/c1-27-5-4-22-15-13(20)6-9(19)7-14(15)28-17(22)21-16(24)11-8-10(23(25)26)2-3-12(11)18/h2-3,6-8H,4-5H2,1H3. The maximum absolute atomic E-state index is 14.3. The van der Waals surface area contributed by atoms with Gasteiger partial charge in [-0.05, 0) is 12.1 Å². The highest BCUT2D eigenvalue weighted by Crippen LogP contribution is 2.24. The van der Waals surface area contributed by atoms with E-state index in [1.165, 1.54) is 17.7 Å². The third kappa shape index (κ3) is 3.93. The van der Waals surface area contributed by atoms with Gasteiger partial charge in [-0.25, -0.2) is 8.78 Å². The number of hydrogen-bond acceptors (Lipinski definition) is 5. The molecule has 1 aromatic heterocycles. The van der Waals surface area contributed by atoms with Crippen molar-refractivity contribution in [3.8, 4) is 0 Å². The Morgan fingerprint density at radius 2 is 2.11 bits per heavy atom. The monoisotopic (exact) mass is 427 g/mol. The van der Waals surface area contributed by atoms with E-state index in [2.05, 4.69) is 4.99 Å². The molecule has 3 rings (SSSR count). The van der Waals surface area contributed by atoms with Crippen molar-refractivity contribution in [3.05, 3.63) is 67.5 Å². The number of carbonyl (C=O) groups is 1. The van der Waals surface area contributed by atoms with Gasteiger partial charge in [0.15, 0.2) is 10.6 Å². The van der Waals surface area contributed by atoms with Gasteiger partial charge < -0.3 is 9.30 Å². The molecule has 0 aliphatic rings. The zero-order valence-corrected chi connectivity index (χ0v) is 15.9. The molecule has 1 heterocycles. The number of amides is 1. The number of methoxy groups -OCH3 is 1. The van der Waals surface area contributed by atoms with Crippen molar-refractivity contribution in [2.75, 3.05) is 13.7 Å². The minimum absolute atomic E-state index is 0.0128. The minimum Gasteiger partial charge on any atom is -0.383 e. The van der Waals surface area contributed by atoms with Crippen molar-refractivity contribution in [2.24, 2.45) is 4.99 Å². The van der Waals surface area contributed by atoms with Gasteiger partial charge in [0.25, 0.3) is 11.6 Å². The van der Waals surface area contributed by atoms with Crippen LogP contribution in [0.2, 0.25) is 5.02 Å². The fraction of sp³-hybridized carbons (Fsp3) is 0.176. The van der Waals surface area contributed by atoms with Gasteiger partial charge in [-0.3, -0.25) is 14.9 Å². The molecule has 146 valence electrons. The predicted molar refractivity (Wildman–Crippen MR) is 99.6 cm³/mol. The van der Waals surface area contributed by atoms with Crippen LogP contribution >= 0.6 is 22.9 Å². The number of nitro benzene ring substituents is 1. The summed E-state index contributed by atoms with van der Waals surface area (Å²) in [6.07, 6.45) is 0. The number of benzene rings is 2. The Kier molecular flexibility index (Phi) is 5.82. The van der Waals surface area contributed by atoms with Gasteiger partial charge in [-0.15, -0.1) is 0 Å². The highest BCUT2D eigenvalue weighted by molar-refractivity contribution is 7.16. The van der Waals surface area contributed by atoms with Crippen LogP contribution in [-0.2, 0) is 11.3 Å². The molecule has 0 N–H and O–H groups in total. The molecule has 0 bridgehead atoms. The number of hydrogen-bond donors (Lipinski definition) is 0. The predicted octanol–water partition coefficient (Wildman–Crippen LogP) is 3.93. The van der Waals surface area contributed by atoms with Crippen LogP contribution in [0, 0.1) is 21.7 Å². The Bertz CT molecular complexity index is 1160. The lowest BCUT2D eigenvalue weighted by molar-refractivity contribution is -0.384. The van der Waals surface area contributed by atoms with E-state index >= 15 is 0 Å². The van der Waals surface area contributed by atoms with Crippen molar-refractivity contribution in [1.29, 1.82) is 0 Å². The summed E-state index contributed by atoms with van der Waals surface area (Å²) in [4.78, 5) is 26.9. The van der Waals surface area contributed by atoms with Crippen molar-refractivity contribution >= 4 is 44.7 Å². The summed E-state index contributed by atoms with van der Waals surface area (Å²) in [7, 11) is 1.45. The Labute approximate surface area is 165 Å². The molecule has 11 heteroatoms. The number of rotatable bonds is 5. The highest BCUT2D eigenvalue weighted by Gasteiger charge is 2.18. The van der Waals surface area contributed by atoms with E-state index < -0.39 is 22.5 Å². The summed E-state index contributed by atoms with van der Waals surface area (Å²) in [6, 6.07) is 5.27. The molecule has 2 aromatic carbocycles. The van der Waals surface area contributed by atoms with E-state index in [4.69, 9.17) is 16.3 Å². The van der Waals surface area contributed by atoms with Gasteiger partial charge in [0.2, 0.25) is 0 Å². The van der Waals surface area contributed by atoms with Crippen LogP contribution in [0.15, 0.2) is 35.3 Å². The van der Waals surface area contributed by atoms with Crippen LogP contribution in [-0.4, -0.2) is 29.1 Å². The quantitative estimate of drug-likeness (QED) is 0.456. The Balaban J connectivity index is 2.18. The average Bonchev–Trinajstić information content (AvgIpc) is 2.96. The van der Waals surface area contributed by atoms with Crippen LogP contribution in [0.3, 0.4) is 0 Å². The summed E-state index contributed by atoms with van der Waals surface area (Å²) in [5, 5.41) is 10.9. The summed E-state index contributed by atoms with van der Waals surface area (Å²) in [6.45, 7) is 0.357. The lowest BCUT2D eigenvalue weighted by Gasteiger charge is -2.05. The average molecular weight is 428 g/mol. The van der Waals surface area contributed by atoms with Crippen molar-refractivity contribution < 1.29 is 23.2 Å². The van der Waals surface area contributed by atoms with Gasteiger partial charge in [0.1, 0.15) is 5.82 Å². The Morgan fingerprint density at radius 1 is 1.36 bits per heavy atom. The first kappa shape index (κ1) is 20.1. The first-order chi connectivity index (χ1) is 13.3. The third-order valence-corrected chi connectivity index (χ3v) is 5.16. The molecular weight excluding hydrogens is 416 g/mol. The smallest absolute Gasteiger partial charge is 0.281 e. The molecule has 0 radical (unpaired) electrons. The van der Waals surface area contributed by atoms with E-state index in [1.807, 2.05) is 0 Å². The normalized spacial score (nSPS) is 11.9. The lowest BCUT2D eigenvalue weighted by atomic mass is 10.2. The molecule has 0 atom stereocenters. The molecule has 1 amide bonds. The Hall–Kier alpha value is -2.69. The first-order valence-corrected chi connectivity index (χ1v) is 9.01. The van der Waals surface area contributed by atoms with Gasteiger partial charge in [0.05, 0.1) is 32.3 Å². The number of halogens is 3. The molecule has 0 saturated carbocycles. The van der Waals surface area contributed by atoms with Gasteiger partial charge in [-0.1, -0.05) is 22.9 Å². The van der Waals surface area contributed by atoms with Crippen molar-refractivity contribution in [2.45, 2.75) is 6.54 Å². The van der Waals surface area contributed by atoms with Gasteiger partial charge in [-0.2, -0.15) is 4.99 Å². The molecule has 0 aliphatic carbocycles. The van der Waals surface area contributed by atoms with E-state index in [1.54, 1.807) is 0 Å². The number of thiazole rings is 1. The maximum Gasteiger partial charge on any atom is 0.281 e. The fourth-order valence-electron chi connectivity index (χ4n) is 2.54. The number of carbonyl (C=O) groups excluding carboxylic acids is 1. The van der Waals surface area contributed by atoms with Gasteiger partial charge in [0, 0.05) is 31.9 Å². The first-order valence-electron chi connectivity index (χ1n) is 7.82. The molecule has 0 spiro atoms. The van der Waals surface area contributed by atoms with Crippen LogP contribution in [0.5, 0.6) is 0 Å². The molecule has 7 nitrogen and oxygen atoms in total. The second-order valence-corrected chi connectivity index (χ2v) is 7.02. The molecular formula is C17H12ClF2N3O4S. The third-order valence-electron chi connectivity index (χ3n) is 3.80. The maximum atomic E-state index is 14.3. The molecule has 0 unspecified atom stereocenters. The number of nitrogens with zero attached hydrogens (tertiary/aromatic N) is 3. The van der Waals surface area contributed by atoms with Crippen LogP contribution in [0.25, 0.3) is 10.2 Å². The summed E-state index contributed by atoms with van der Waals surface area (Å²) >= 11 is 6.88. The van der Waals surface area contributed by atoms with E-state index in [9.17, 15) is 23.7 Å². The molecule has 3 aromatic rings. The summed E-state index contributed by atoms with van der Waals surface area (Å²) < 4.78 is 34.5. The zero-order chi connectivity index (χ0) is 20.4. The largest absolute Gasteiger partial charge is 0.383 e. The number of non-ortho nitro benzene ring substituents is 1. The molecule has 28 heavy (non-hydrogen) atoms. The van der Waals surface area contributed by atoms with Crippen LogP contribution < -0.4 is 4.80 Å². The van der Waals surface area contributed by atoms with Crippen LogP contribution in [0.1, 0.15) is 10.4 Å². The second kappa shape index (κ2) is 8.13. The Morgan fingerprint density at radius 3 is 2.79 bits per heavy atom. The van der Waals surface area contributed by atoms with E-state index in [0.29, 0.717) is 0 Å². The summed E-state index contributed by atoms with van der Waals surface area (Å²) in [5.74, 6) is -2.40. The summed E-state index contributed by atoms with van der Waals surface area (Å²) in [5.41, 5.74) is -0.405. The number of fused-ring (bicyclic) bond motifs is 1. The highest BCUT2D eigenvalue weighted by atomic mass is 35.5. The van der Waals surface area contributed by atoms with Crippen molar-refractivity contribution in [1.82, 2.24) is 4.57 Å². The second-order valence-electron chi connectivity index (χ2n) is 5.60. The fourth-order valence-corrected chi connectivity index (χ4v) is 3.83. The number of aromatic nitrogens is 1. The number of ether oxygens (including phenoxy) is 1. The van der Waals surface area contributed by atoms with E-state index in [-0.39, 0.29) is 44.4 Å². The molecule has 0 fully saturated rings. The van der Waals surface area contributed by atoms with Gasteiger partial charge >= 0.3 is 0 Å². The zero-order valence-electron chi connectivity index (χ0n) is 14.3. The molecule has 0 saturated heterocycles. The number of nitro groups is 1. The van der Waals surface area contributed by atoms with Crippen molar-refractivity contribution in [3.63, 3.8) is 0 Å². The lowest BCUT2D eigenvalue weighted by Crippen LogP contribution is -2.20.